The molecule has 1 aromatic carbocycles. The number of nitrogens with zero attached hydrogens (tertiary/aromatic N) is 2. The van der Waals surface area contributed by atoms with Crippen LogP contribution in [0.15, 0.2) is 18.2 Å². The monoisotopic (exact) mass is 263 g/mol. The standard InChI is InChI=1S/C15H25N3O/c1-4-10-19-14-7-5-6-13(15(14)16)18-9-8-12(11-18)17(2)3/h5-7,12H,4,8-11,16H2,1-3H3. The molecule has 1 fully saturated rings. The van der Waals surface area contributed by atoms with Gasteiger partial charge in [-0.2, -0.15) is 0 Å². The Morgan fingerprint density at radius 3 is 2.84 bits per heavy atom. The van der Waals surface area contributed by atoms with E-state index in [0.29, 0.717) is 12.6 Å². The summed E-state index contributed by atoms with van der Waals surface area (Å²) in [6.07, 6.45) is 2.18. The molecule has 0 radical (unpaired) electrons. The molecule has 1 atom stereocenters. The fraction of sp³-hybridized carbons (Fsp3) is 0.600. The van der Waals surface area contributed by atoms with E-state index in [1.54, 1.807) is 0 Å². The minimum Gasteiger partial charge on any atom is -0.491 e. The number of nitrogens with two attached hydrogens (primary N) is 1. The van der Waals surface area contributed by atoms with Crippen molar-refractivity contribution in [1.82, 2.24) is 4.90 Å². The Bertz CT molecular complexity index is 420. The zero-order valence-electron chi connectivity index (χ0n) is 12.2. The van der Waals surface area contributed by atoms with Gasteiger partial charge in [0.25, 0.3) is 0 Å². The van der Waals surface area contributed by atoms with Gasteiger partial charge in [0.15, 0.2) is 0 Å². The molecule has 1 aromatic rings. The first-order chi connectivity index (χ1) is 9.13. The predicted molar refractivity (Wildman–Crippen MR) is 80.9 cm³/mol. The van der Waals surface area contributed by atoms with Crippen molar-refractivity contribution in [1.29, 1.82) is 0 Å². The van der Waals surface area contributed by atoms with Crippen molar-refractivity contribution in [3.63, 3.8) is 0 Å². The number of para-hydroxylation sites is 1. The molecule has 1 aliphatic heterocycles. The van der Waals surface area contributed by atoms with Gasteiger partial charge < -0.3 is 20.3 Å². The van der Waals surface area contributed by atoms with Crippen molar-refractivity contribution >= 4 is 11.4 Å². The fourth-order valence-corrected chi connectivity index (χ4v) is 2.53. The third-order valence-electron chi connectivity index (χ3n) is 3.74. The zero-order chi connectivity index (χ0) is 13.8. The van der Waals surface area contributed by atoms with E-state index in [1.165, 1.54) is 6.42 Å². The quantitative estimate of drug-likeness (QED) is 0.827. The molecule has 19 heavy (non-hydrogen) atoms. The summed E-state index contributed by atoms with van der Waals surface area (Å²) in [6, 6.07) is 6.68. The minimum absolute atomic E-state index is 0.611. The maximum Gasteiger partial charge on any atom is 0.144 e. The maximum absolute atomic E-state index is 6.25. The Morgan fingerprint density at radius 1 is 1.42 bits per heavy atom. The number of likely N-dealkylation sites (N-methyl/N-ethyl adjacent to an activating group) is 1. The average Bonchev–Trinajstić information content (AvgIpc) is 2.87. The molecule has 4 nitrogen and oxygen atoms in total. The summed E-state index contributed by atoms with van der Waals surface area (Å²) in [5.41, 5.74) is 8.13. The number of anilines is 2. The molecule has 0 aromatic heterocycles. The van der Waals surface area contributed by atoms with E-state index in [9.17, 15) is 0 Å². The molecule has 0 saturated carbocycles. The largest absolute Gasteiger partial charge is 0.491 e. The van der Waals surface area contributed by atoms with Gasteiger partial charge in [0, 0.05) is 19.1 Å². The molecule has 1 heterocycles. The second-order valence-electron chi connectivity index (χ2n) is 5.39. The van der Waals surface area contributed by atoms with Crippen LogP contribution in [0, 0.1) is 0 Å². The first kappa shape index (κ1) is 14.0. The lowest BCUT2D eigenvalue weighted by Crippen LogP contribution is -2.31. The predicted octanol–water partition coefficient (Wildman–Crippen LogP) is 2.20. The normalized spacial score (nSPS) is 19.2. The molecule has 0 aliphatic carbocycles. The fourth-order valence-electron chi connectivity index (χ4n) is 2.53. The van der Waals surface area contributed by atoms with Crippen molar-refractivity contribution in [3.8, 4) is 5.75 Å². The Labute approximate surface area is 116 Å². The Morgan fingerprint density at radius 2 is 2.21 bits per heavy atom. The number of rotatable bonds is 5. The highest BCUT2D eigenvalue weighted by molar-refractivity contribution is 5.74. The van der Waals surface area contributed by atoms with Crippen LogP contribution >= 0.6 is 0 Å². The van der Waals surface area contributed by atoms with E-state index < -0.39 is 0 Å². The molecule has 0 amide bonds. The van der Waals surface area contributed by atoms with Crippen molar-refractivity contribution in [2.45, 2.75) is 25.8 Å². The zero-order valence-corrected chi connectivity index (χ0v) is 12.2. The third kappa shape index (κ3) is 3.13. The lowest BCUT2D eigenvalue weighted by molar-refractivity contribution is 0.315. The maximum atomic E-state index is 6.25. The highest BCUT2D eigenvalue weighted by Crippen LogP contribution is 2.34. The van der Waals surface area contributed by atoms with E-state index in [0.717, 1.165) is 36.6 Å². The van der Waals surface area contributed by atoms with Crippen LogP contribution in [-0.2, 0) is 0 Å². The third-order valence-corrected chi connectivity index (χ3v) is 3.74. The molecule has 106 valence electrons. The molecule has 1 saturated heterocycles. The smallest absolute Gasteiger partial charge is 0.144 e. The van der Waals surface area contributed by atoms with Gasteiger partial charge in [-0.25, -0.2) is 0 Å². The lowest BCUT2D eigenvalue weighted by atomic mass is 10.2. The van der Waals surface area contributed by atoms with Crippen molar-refractivity contribution in [2.24, 2.45) is 0 Å². The summed E-state index contributed by atoms with van der Waals surface area (Å²) in [4.78, 5) is 4.65. The number of hydrogen-bond donors (Lipinski definition) is 1. The first-order valence-electron chi connectivity index (χ1n) is 7.06. The molecule has 2 N–H and O–H groups in total. The molecule has 0 bridgehead atoms. The van der Waals surface area contributed by atoms with Crippen molar-refractivity contribution in [2.75, 3.05) is 44.4 Å². The highest BCUT2D eigenvalue weighted by Gasteiger charge is 2.25. The van der Waals surface area contributed by atoms with Crippen LogP contribution in [0.3, 0.4) is 0 Å². The van der Waals surface area contributed by atoms with Gasteiger partial charge in [-0.1, -0.05) is 13.0 Å². The summed E-state index contributed by atoms with van der Waals surface area (Å²) in [5.74, 6) is 0.813. The van der Waals surface area contributed by atoms with E-state index in [1.807, 2.05) is 12.1 Å². The molecular formula is C15H25N3O. The Hall–Kier alpha value is -1.42. The van der Waals surface area contributed by atoms with E-state index in [-0.39, 0.29) is 0 Å². The molecule has 1 aliphatic rings. The summed E-state index contributed by atoms with van der Waals surface area (Å²) in [6.45, 7) is 4.91. The minimum atomic E-state index is 0.611. The van der Waals surface area contributed by atoms with Crippen LogP contribution < -0.4 is 15.4 Å². The summed E-state index contributed by atoms with van der Waals surface area (Å²) >= 11 is 0. The van der Waals surface area contributed by atoms with Crippen LogP contribution in [0.2, 0.25) is 0 Å². The van der Waals surface area contributed by atoms with Crippen molar-refractivity contribution in [3.05, 3.63) is 18.2 Å². The number of nitrogen functional groups attached to an aromatic ring is 1. The van der Waals surface area contributed by atoms with Crippen LogP contribution in [0.1, 0.15) is 19.8 Å². The van der Waals surface area contributed by atoms with Crippen molar-refractivity contribution < 1.29 is 4.74 Å². The van der Waals surface area contributed by atoms with Gasteiger partial charge >= 0.3 is 0 Å². The number of ether oxygens (including phenoxy) is 1. The molecule has 4 heteroatoms. The van der Waals surface area contributed by atoms with Gasteiger partial charge in [-0.3, -0.25) is 0 Å². The Kier molecular flexibility index (Phi) is 4.53. The van der Waals surface area contributed by atoms with Crippen LogP contribution in [0.25, 0.3) is 0 Å². The van der Waals surface area contributed by atoms with Gasteiger partial charge in [0.2, 0.25) is 0 Å². The van der Waals surface area contributed by atoms with E-state index in [2.05, 4.69) is 36.9 Å². The number of hydrogen-bond acceptors (Lipinski definition) is 4. The van der Waals surface area contributed by atoms with Gasteiger partial charge in [0.1, 0.15) is 5.75 Å². The number of benzene rings is 1. The van der Waals surface area contributed by atoms with Gasteiger partial charge in [-0.05, 0) is 39.1 Å². The summed E-state index contributed by atoms with van der Waals surface area (Å²) in [5, 5.41) is 0. The topological polar surface area (TPSA) is 41.7 Å². The highest BCUT2D eigenvalue weighted by atomic mass is 16.5. The van der Waals surface area contributed by atoms with Gasteiger partial charge in [-0.15, -0.1) is 0 Å². The van der Waals surface area contributed by atoms with E-state index >= 15 is 0 Å². The van der Waals surface area contributed by atoms with Crippen LogP contribution in [0.4, 0.5) is 11.4 Å². The molecular weight excluding hydrogens is 238 g/mol. The van der Waals surface area contributed by atoms with Gasteiger partial charge in [0.05, 0.1) is 18.0 Å². The summed E-state index contributed by atoms with van der Waals surface area (Å²) < 4.78 is 5.70. The second-order valence-corrected chi connectivity index (χ2v) is 5.39. The second kappa shape index (κ2) is 6.15. The average molecular weight is 263 g/mol. The SMILES string of the molecule is CCCOc1cccc(N2CCC(N(C)C)C2)c1N. The lowest BCUT2D eigenvalue weighted by Gasteiger charge is -2.24. The first-order valence-corrected chi connectivity index (χ1v) is 7.06. The van der Waals surface area contributed by atoms with E-state index in [4.69, 9.17) is 10.5 Å². The molecule has 2 rings (SSSR count). The molecule has 1 unspecified atom stereocenters. The molecule has 0 spiro atoms. The Balaban J connectivity index is 2.12. The van der Waals surface area contributed by atoms with Crippen LogP contribution in [0.5, 0.6) is 5.75 Å². The summed E-state index contributed by atoms with van der Waals surface area (Å²) in [7, 11) is 4.27. The van der Waals surface area contributed by atoms with Crippen LogP contribution in [-0.4, -0.2) is 44.7 Å².